The third kappa shape index (κ3) is 2.98. The van der Waals surface area contributed by atoms with E-state index >= 15 is 0 Å². The van der Waals surface area contributed by atoms with Crippen LogP contribution in [0.25, 0.3) is 0 Å². The monoisotopic (exact) mass is 256 g/mol. The van der Waals surface area contributed by atoms with Crippen molar-refractivity contribution >= 4 is 17.6 Å². The Labute approximate surface area is 107 Å². The van der Waals surface area contributed by atoms with Crippen molar-refractivity contribution in [3.8, 4) is 0 Å². The third-order valence-electron chi connectivity index (χ3n) is 2.80. The van der Waals surface area contributed by atoms with Gasteiger partial charge in [0.15, 0.2) is 6.23 Å². The molecule has 2 N–H and O–H groups in total. The van der Waals surface area contributed by atoms with Crippen LogP contribution < -0.4 is 5.73 Å². The Morgan fingerprint density at radius 2 is 2.17 bits per heavy atom. The van der Waals surface area contributed by atoms with Gasteiger partial charge in [0.2, 0.25) is 5.91 Å². The standard InChI is InChI=1S/C11H20N4O3/c1-5-18-9-6-8(10(16)14(3)4)7(2)13-15(9)11(12)17/h8-9H,5-6H2,1-4H3,(H2,12,17)/t8-,9-/m1/s1. The number of hydrogen-bond acceptors (Lipinski definition) is 4. The minimum Gasteiger partial charge on any atom is -0.357 e. The van der Waals surface area contributed by atoms with Gasteiger partial charge in [-0.2, -0.15) is 10.1 Å². The van der Waals surface area contributed by atoms with Crippen LogP contribution in [0.4, 0.5) is 4.79 Å². The Hall–Kier alpha value is -1.63. The molecule has 0 saturated carbocycles. The van der Waals surface area contributed by atoms with Crippen LogP contribution in [-0.4, -0.2) is 54.5 Å². The maximum absolute atomic E-state index is 12.0. The van der Waals surface area contributed by atoms with Gasteiger partial charge < -0.3 is 15.4 Å². The summed E-state index contributed by atoms with van der Waals surface area (Å²) in [7, 11) is 3.37. The molecule has 0 aromatic carbocycles. The maximum atomic E-state index is 12.0. The minimum absolute atomic E-state index is 0.0509. The third-order valence-corrected chi connectivity index (χ3v) is 2.80. The summed E-state index contributed by atoms with van der Waals surface area (Å²) in [5.41, 5.74) is 5.81. The first-order valence-corrected chi connectivity index (χ1v) is 5.85. The Morgan fingerprint density at radius 1 is 1.56 bits per heavy atom. The van der Waals surface area contributed by atoms with Crippen LogP contribution in [-0.2, 0) is 9.53 Å². The smallest absolute Gasteiger partial charge is 0.337 e. The summed E-state index contributed by atoms with van der Waals surface area (Å²) >= 11 is 0. The zero-order valence-electron chi connectivity index (χ0n) is 11.2. The highest BCUT2D eigenvalue weighted by molar-refractivity contribution is 6.03. The van der Waals surface area contributed by atoms with Crippen molar-refractivity contribution in [1.82, 2.24) is 9.91 Å². The molecule has 1 heterocycles. The second kappa shape index (κ2) is 5.81. The van der Waals surface area contributed by atoms with Gasteiger partial charge in [0.05, 0.1) is 5.92 Å². The lowest BCUT2D eigenvalue weighted by molar-refractivity contribution is -0.134. The number of nitrogens with zero attached hydrogens (tertiary/aromatic N) is 3. The highest BCUT2D eigenvalue weighted by atomic mass is 16.5. The van der Waals surface area contributed by atoms with Crippen molar-refractivity contribution in [2.75, 3.05) is 20.7 Å². The molecule has 102 valence electrons. The molecule has 0 unspecified atom stereocenters. The summed E-state index contributed by atoms with van der Waals surface area (Å²) < 4.78 is 5.41. The fourth-order valence-corrected chi connectivity index (χ4v) is 1.89. The van der Waals surface area contributed by atoms with E-state index in [1.807, 2.05) is 6.92 Å². The van der Waals surface area contributed by atoms with Gasteiger partial charge in [-0.05, 0) is 13.8 Å². The lowest BCUT2D eigenvalue weighted by Crippen LogP contribution is -2.49. The second-order valence-corrected chi connectivity index (χ2v) is 4.36. The second-order valence-electron chi connectivity index (χ2n) is 4.36. The van der Waals surface area contributed by atoms with Crippen molar-refractivity contribution in [3.05, 3.63) is 0 Å². The molecule has 0 bridgehead atoms. The molecule has 0 aromatic rings. The summed E-state index contributed by atoms with van der Waals surface area (Å²) in [4.78, 5) is 24.8. The number of ether oxygens (including phenoxy) is 1. The van der Waals surface area contributed by atoms with E-state index in [1.165, 1.54) is 4.90 Å². The van der Waals surface area contributed by atoms with E-state index in [2.05, 4.69) is 5.10 Å². The van der Waals surface area contributed by atoms with Crippen LogP contribution in [0.3, 0.4) is 0 Å². The molecule has 0 radical (unpaired) electrons. The molecule has 0 spiro atoms. The van der Waals surface area contributed by atoms with Gasteiger partial charge in [0.1, 0.15) is 0 Å². The molecule has 0 aromatic heterocycles. The quantitative estimate of drug-likeness (QED) is 0.783. The fraction of sp³-hybridized carbons (Fsp3) is 0.727. The number of primary amides is 1. The zero-order valence-corrected chi connectivity index (χ0v) is 11.2. The number of carbonyl (C=O) groups excluding carboxylic acids is 2. The number of amides is 3. The van der Waals surface area contributed by atoms with E-state index in [0.717, 1.165) is 5.01 Å². The van der Waals surface area contributed by atoms with Crippen LogP contribution in [0, 0.1) is 5.92 Å². The predicted octanol–water partition coefficient (Wildman–Crippen LogP) is 0.214. The highest BCUT2D eigenvalue weighted by Gasteiger charge is 2.36. The molecule has 1 rings (SSSR count). The molecule has 0 aliphatic carbocycles. The van der Waals surface area contributed by atoms with E-state index in [0.29, 0.717) is 18.7 Å². The Bertz CT molecular complexity index is 367. The molecule has 0 fully saturated rings. The average Bonchev–Trinajstić information content (AvgIpc) is 2.29. The first-order chi connectivity index (χ1) is 8.38. The molecule has 3 amide bonds. The van der Waals surface area contributed by atoms with Crippen molar-refractivity contribution in [3.63, 3.8) is 0 Å². The number of hydrazone groups is 1. The number of hydrogen-bond donors (Lipinski definition) is 1. The molecule has 2 atom stereocenters. The molecule has 7 heteroatoms. The topological polar surface area (TPSA) is 88.2 Å². The Balaban J connectivity index is 2.96. The molecular weight excluding hydrogens is 236 g/mol. The van der Waals surface area contributed by atoms with E-state index < -0.39 is 12.3 Å². The van der Waals surface area contributed by atoms with Crippen LogP contribution in [0.1, 0.15) is 20.3 Å². The fourth-order valence-electron chi connectivity index (χ4n) is 1.89. The number of rotatable bonds is 3. The van der Waals surface area contributed by atoms with E-state index in [9.17, 15) is 9.59 Å². The van der Waals surface area contributed by atoms with Crippen molar-refractivity contribution in [1.29, 1.82) is 0 Å². The number of urea groups is 1. The first kappa shape index (κ1) is 14.4. The molecular formula is C11H20N4O3. The molecule has 18 heavy (non-hydrogen) atoms. The lowest BCUT2D eigenvalue weighted by atomic mass is 9.96. The van der Waals surface area contributed by atoms with Crippen molar-refractivity contribution in [2.24, 2.45) is 16.8 Å². The van der Waals surface area contributed by atoms with Gasteiger partial charge in [-0.15, -0.1) is 0 Å². The first-order valence-electron chi connectivity index (χ1n) is 5.85. The van der Waals surface area contributed by atoms with Crippen molar-refractivity contribution in [2.45, 2.75) is 26.5 Å². The predicted molar refractivity (Wildman–Crippen MR) is 66.7 cm³/mol. The van der Waals surface area contributed by atoms with Crippen LogP contribution >= 0.6 is 0 Å². The van der Waals surface area contributed by atoms with Gasteiger partial charge in [-0.25, -0.2) is 4.79 Å². The highest BCUT2D eigenvalue weighted by Crippen LogP contribution is 2.23. The normalized spacial score (nSPS) is 23.6. The number of nitrogens with two attached hydrogens (primary N) is 1. The average molecular weight is 256 g/mol. The van der Waals surface area contributed by atoms with E-state index in [4.69, 9.17) is 10.5 Å². The van der Waals surface area contributed by atoms with E-state index in [-0.39, 0.29) is 11.8 Å². The summed E-state index contributed by atoms with van der Waals surface area (Å²) in [5, 5.41) is 5.17. The maximum Gasteiger partial charge on any atom is 0.337 e. The van der Waals surface area contributed by atoms with Crippen LogP contribution in [0.5, 0.6) is 0 Å². The summed E-state index contributed by atoms with van der Waals surface area (Å²) in [6, 6.07) is -0.677. The molecule has 7 nitrogen and oxygen atoms in total. The Morgan fingerprint density at radius 3 is 2.61 bits per heavy atom. The molecule has 1 aliphatic rings. The van der Waals surface area contributed by atoms with Crippen molar-refractivity contribution < 1.29 is 14.3 Å². The summed E-state index contributed by atoms with van der Waals surface area (Å²) in [5.74, 6) is -0.419. The van der Waals surface area contributed by atoms with Gasteiger partial charge in [0.25, 0.3) is 0 Å². The zero-order chi connectivity index (χ0) is 13.9. The summed E-state index contributed by atoms with van der Waals surface area (Å²) in [6.45, 7) is 3.95. The van der Waals surface area contributed by atoms with Gasteiger partial charge in [-0.1, -0.05) is 0 Å². The van der Waals surface area contributed by atoms with Gasteiger partial charge in [-0.3, -0.25) is 4.79 Å². The largest absolute Gasteiger partial charge is 0.357 e. The molecule has 1 aliphatic heterocycles. The van der Waals surface area contributed by atoms with Crippen LogP contribution in [0.2, 0.25) is 0 Å². The number of carbonyl (C=O) groups is 2. The lowest BCUT2D eigenvalue weighted by Gasteiger charge is -2.34. The van der Waals surface area contributed by atoms with Gasteiger partial charge >= 0.3 is 6.03 Å². The van der Waals surface area contributed by atoms with E-state index in [1.54, 1.807) is 21.0 Å². The molecule has 0 saturated heterocycles. The Kier molecular flexibility index (Phi) is 4.66. The van der Waals surface area contributed by atoms with Gasteiger partial charge in [0, 0.05) is 32.8 Å². The summed E-state index contributed by atoms with van der Waals surface area (Å²) in [6.07, 6.45) is -0.201. The minimum atomic E-state index is -0.677. The SMILES string of the molecule is CCO[C@@H]1C[C@@H](C(=O)N(C)C)C(C)=NN1C(N)=O. The van der Waals surface area contributed by atoms with Crippen LogP contribution in [0.15, 0.2) is 5.10 Å².